The first-order valence-electron chi connectivity index (χ1n) is 7.05. The van der Waals surface area contributed by atoms with E-state index in [-0.39, 0.29) is 5.78 Å². The Hall–Kier alpha value is -1.77. The van der Waals surface area contributed by atoms with Crippen LogP contribution in [-0.4, -0.2) is 17.4 Å². The maximum absolute atomic E-state index is 12.3. The average molecular weight is 257 g/mol. The highest BCUT2D eigenvalue weighted by molar-refractivity contribution is 6.08. The number of rotatable bonds is 5. The van der Waals surface area contributed by atoms with Crippen LogP contribution in [0, 0.1) is 5.92 Å². The molecule has 1 N–H and O–H groups in total. The third kappa shape index (κ3) is 2.37. The minimum Gasteiger partial charge on any atom is -0.494 e. The fourth-order valence-corrected chi connectivity index (χ4v) is 2.66. The Bertz CT molecular complexity index is 596. The molecule has 100 valence electrons. The van der Waals surface area contributed by atoms with Crippen LogP contribution in [0.3, 0.4) is 0 Å². The van der Waals surface area contributed by atoms with Crippen LogP contribution in [-0.2, 0) is 0 Å². The molecule has 1 aromatic heterocycles. The van der Waals surface area contributed by atoms with E-state index < -0.39 is 0 Å². The summed E-state index contributed by atoms with van der Waals surface area (Å²) in [5, 5.41) is 0.982. The fourth-order valence-electron chi connectivity index (χ4n) is 2.66. The SMILES string of the molecule is CCOc1ccc2[nH]cc(C(=O)CC3CCC3)c2c1. The summed E-state index contributed by atoms with van der Waals surface area (Å²) < 4.78 is 5.51. The zero-order valence-electron chi connectivity index (χ0n) is 11.2. The maximum atomic E-state index is 12.3. The number of aromatic amines is 1. The second-order valence-corrected chi connectivity index (χ2v) is 5.27. The van der Waals surface area contributed by atoms with Gasteiger partial charge in [0, 0.05) is 29.1 Å². The molecule has 1 fully saturated rings. The van der Waals surface area contributed by atoms with E-state index in [0.717, 1.165) is 22.2 Å². The molecule has 0 unspecified atom stereocenters. The number of ether oxygens (including phenoxy) is 1. The van der Waals surface area contributed by atoms with Crippen molar-refractivity contribution in [2.24, 2.45) is 5.92 Å². The monoisotopic (exact) mass is 257 g/mol. The molecule has 0 atom stereocenters. The maximum Gasteiger partial charge on any atom is 0.165 e. The Morgan fingerprint density at radius 2 is 2.26 bits per heavy atom. The molecule has 1 heterocycles. The molecule has 0 bridgehead atoms. The number of benzene rings is 1. The van der Waals surface area contributed by atoms with Crippen molar-refractivity contribution < 1.29 is 9.53 Å². The van der Waals surface area contributed by atoms with E-state index in [2.05, 4.69) is 4.98 Å². The van der Waals surface area contributed by atoms with Crippen molar-refractivity contribution in [1.29, 1.82) is 0 Å². The van der Waals surface area contributed by atoms with Gasteiger partial charge in [-0.1, -0.05) is 19.3 Å². The molecule has 19 heavy (non-hydrogen) atoms. The highest BCUT2D eigenvalue weighted by Gasteiger charge is 2.22. The summed E-state index contributed by atoms with van der Waals surface area (Å²) in [5.74, 6) is 1.68. The lowest BCUT2D eigenvalue weighted by molar-refractivity contribution is 0.0938. The summed E-state index contributed by atoms with van der Waals surface area (Å²) >= 11 is 0. The van der Waals surface area contributed by atoms with Crippen LogP contribution >= 0.6 is 0 Å². The molecule has 1 aliphatic rings. The standard InChI is InChI=1S/C16H19NO2/c1-2-19-12-6-7-15-13(9-12)14(10-17-15)16(18)8-11-4-3-5-11/h6-7,9-11,17H,2-5,8H2,1H3. The van der Waals surface area contributed by atoms with Gasteiger partial charge in [0.15, 0.2) is 5.78 Å². The summed E-state index contributed by atoms with van der Waals surface area (Å²) in [7, 11) is 0. The van der Waals surface area contributed by atoms with E-state index >= 15 is 0 Å². The number of ketones is 1. The van der Waals surface area contributed by atoms with E-state index in [1.807, 2.05) is 31.3 Å². The summed E-state index contributed by atoms with van der Waals surface area (Å²) in [4.78, 5) is 15.5. The number of H-pyrrole nitrogens is 1. The quantitative estimate of drug-likeness (QED) is 0.824. The van der Waals surface area contributed by atoms with Crippen LogP contribution in [0.5, 0.6) is 5.75 Å². The van der Waals surface area contributed by atoms with Gasteiger partial charge < -0.3 is 9.72 Å². The van der Waals surface area contributed by atoms with E-state index in [0.29, 0.717) is 18.9 Å². The van der Waals surface area contributed by atoms with Gasteiger partial charge in [0.1, 0.15) is 5.75 Å². The zero-order valence-corrected chi connectivity index (χ0v) is 11.2. The van der Waals surface area contributed by atoms with E-state index in [1.165, 1.54) is 19.3 Å². The van der Waals surface area contributed by atoms with Crippen molar-refractivity contribution in [3.8, 4) is 5.75 Å². The lowest BCUT2D eigenvalue weighted by Crippen LogP contribution is -2.15. The number of carbonyl (C=O) groups excluding carboxylic acids is 1. The zero-order chi connectivity index (χ0) is 13.2. The topological polar surface area (TPSA) is 42.1 Å². The van der Waals surface area contributed by atoms with Gasteiger partial charge in [-0.25, -0.2) is 0 Å². The molecular weight excluding hydrogens is 238 g/mol. The number of fused-ring (bicyclic) bond motifs is 1. The lowest BCUT2D eigenvalue weighted by Gasteiger charge is -2.24. The van der Waals surface area contributed by atoms with Gasteiger partial charge in [-0.05, 0) is 31.0 Å². The van der Waals surface area contributed by atoms with Gasteiger partial charge in [-0.15, -0.1) is 0 Å². The predicted molar refractivity (Wildman–Crippen MR) is 75.8 cm³/mol. The molecule has 0 saturated heterocycles. The van der Waals surface area contributed by atoms with Crippen molar-refractivity contribution in [2.45, 2.75) is 32.6 Å². The highest BCUT2D eigenvalue weighted by atomic mass is 16.5. The molecule has 0 spiro atoms. The second kappa shape index (κ2) is 5.08. The second-order valence-electron chi connectivity index (χ2n) is 5.27. The minimum absolute atomic E-state index is 0.254. The normalized spacial score (nSPS) is 15.4. The van der Waals surface area contributed by atoms with Crippen LogP contribution in [0.25, 0.3) is 10.9 Å². The number of nitrogens with one attached hydrogen (secondary N) is 1. The molecule has 0 radical (unpaired) electrons. The van der Waals surface area contributed by atoms with Gasteiger partial charge >= 0.3 is 0 Å². The molecule has 1 saturated carbocycles. The van der Waals surface area contributed by atoms with E-state index in [4.69, 9.17) is 4.74 Å². The molecule has 0 amide bonds. The van der Waals surface area contributed by atoms with Crippen LogP contribution < -0.4 is 4.74 Å². The van der Waals surface area contributed by atoms with Crippen molar-refractivity contribution in [3.63, 3.8) is 0 Å². The first-order chi connectivity index (χ1) is 9.28. The molecule has 3 nitrogen and oxygen atoms in total. The Kier molecular flexibility index (Phi) is 3.28. The Balaban J connectivity index is 1.88. The number of hydrogen-bond donors (Lipinski definition) is 1. The first-order valence-corrected chi connectivity index (χ1v) is 7.05. The number of hydrogen-bond acceptors (Lipinski definition) is 2. The van der Waals surface area contributed by atoms with Crippen LogP contribution in [0.1, 0.15) is 43.0 Å². The highest BCUT2D eigenvalue weighted by Crippen LogP contribution is 2.32. The Morgan fingerprint density at radius 3 is 2.95 bits per heavy atom. The molecule has 1 aliphatic carbocycles. The summed E-state index contributed by atoms with van der Waals surface area (Å²) in [6.07, 6.45) is 6.21. The molecular formula is C16H19NO2. The minimum atomic E-state index is 0.254. The number of carbonyl (C=O) groups is 1. The van der Waals surface area contributed by atoms with Gasteiger partial charge in [0.25, 0.3) is 0 Å². The fraction of sp³-hybridized carbons (Fsp3) is 0.438. The van der Waals surface area contributed by atoms with Gasteiger partial charge in [0.2, 0.25) is 0 Å². The summed E-state index contributed by atoms with van der Waals surface area (Å²) in [5.41, 5.74) is 1.81. The molecule has 3 heteroatoms. The first kappa shape index (κ1) is 12.3. The van der Waals surface area contributed by atoms with Gasteiger partial charge in [-0.3, -0.25) is 4.79 Å². The van der Waals surface area contributed by atoms with E-state index in [9.17, 15) is 4.79 Å². The third-order valence-electron chi connectivity index (χ3n) is 3.96. The molecule has 1 aromatic carbocycles. The van der Waals surface area contributed by atoms with Gasteiger partial charge in [0.05, 0.1) is 6.61 Å². The third-order valence-corrected chi connectivity index (χ3v) is 3.96. The number of aromatic nitrogens is 1. The van der Waals surface area contributed by atoms with Crippen molar-refractivity contribution in [2.75, 3.05) is 6.61 Å². The van der Waals surface area contributed by atoms with Crippen molar-refractivity contribution in [1.82, 2.24) is 4.98 Å². The Labute approximate surface area is 113 Å². The summed E-state index contributed by atoms with van der Waals surface area (Å²) in [6.45, 7) is 2.60. The molecule has 0 aliphatic heterocycles. The smallest absolute Gasteiger partial charge is 0.165 e. The van der Waals surface area contributed by atoms with Crippen molar-refractivity contribution in [3.05, 3.63) is 30.0 Å². The molecule has 2 aromatic rings. The largest absolute Gasteiger partial charge is 0.494 e. The van der Waals surface area contributed by atoms with Crippen LogP contribution in [0.2, 0.25) is 0 Å². The Morgan fingerprint density at radius 1 is 1.42 bits per heavy atom. The van der Waals surface area contributed by atoms with Crippen LogP contribution in [0.15, 0.2) is 24.4 Å². The van der Waals surface area contributed by atoms with Crippen molar-refractivity contribution >= 4 is 16.7 Å². The molecule has 3 rings (SSSR count). The lowest BCUT2D eigenvalue weighted by atomic mass is 9.81. The number of Topliss-reactive ketones (excluding diaryl/α,β-unsaturated/α-hetero) is 1. The average Bonchev–Trinajstić information content (AvgIpc) is 2.77. The van der Waals surface area contributed by atoms with Crippen LogP contribution in [0.4, 0.5) is 0 Å². The predicted octanol–water partition coefficient (Wildman–Crippen LogP) is 3.94. The summed E-state index contributed by atoms with van der Waals surface area (Å²) in [6, 6.07) is 5.87. The van der Waals surface area contributed by atoms with E-state index in [1.54, 1.807) is 0 Å². The van der Waals surface area contributed by atoms with Gasteiger partial charge in [-0.2, -0.15) is 0 Å².